The third kappa shape index (κ3) is 5.92. The predicted molar refractivity (Wildman–Crippen MR) is 98.8 cm³/mol. The zero-order chi connectivity index (χ0) is 18.8. The predicted octanol–water partition coefficient (Wildman–Crippen LogP) is 4.65. The van der Waals surface area contributed by atoms with Gasteiger partial charge >= 0.3 is 11.9 Å². The first-order chi connectivity index (χ1) is 12.6. The van der Waals surface area contributed by atoms with Crippen LogP contribution in [0.4, 0.5) is 0 Å². The Morgan fingerprint density at radius 2 is 1.62 bits per heavy atom. The first-order valence-electron chi connectivity index (χ1n) is 8.86. The summed E-state index contributed by atoms with van der Waals surface area (Å²) < 4.78 is 15.9. The van der Waals surface area contributed by atoms with Crippen molar-refractivity contribution >= 4 is 11.9 Å². The quantitative estimate of drug-likeness (QED) is 0.372. The van der Waals surface area contributed by atoms with Crippen molar-refractivity contribution in [3.05, 3.63) is 59.7 Å². The van der Waals surface area contributed by atoms with Crippen LogP contribution in [0, 0.1) is 0 Å². The Bertz CT molecular complexity index is 721. The first kappa shape index (κ1) is 19.5. The van der Waals surface area contributed by atoms with E-state index in [-0.39, 0.29) is 6.61 Å². The van der Waals surface area contributed by atoms with Gasteiger partial charge in [-0.15, -0.1) is 0 Å². The van der Waals surface area contributed by atoms with E-state index in [0.717, 1.165) is 25.0 Å². The van der Waals surface area contributed by atoms with Gasteiger partial charge in [0, 0.05) is 0 Å². The minimum absolute atomic E-state index is 0.287. The fourth-order valence-corrected chi connectivity index (χ4v) is 2.30. The lowest BCUT2D eigenvalue weighted by atomic mass is 10.2. The van der Waals surface area contributed by atoms with Gasteiger partial charge in [0.25, 0.3) is 0 Å². The highest BCUT2D eigenvalue weighted by Gasteiger charge is 2.12. The Morgan fingerprint density at radius 3 is 2.31 bits per heavy atom. The third-order valence-corrected chi connectivity index (χ3v) is 3.66. The van der Waals surface area contributed by atoms with Crippen LogP contribution < -0.4 is 9.47 Å². The molecular weight excluding hydrogens is 332 g/mol. The van der Waals surface area contributed by atoms with E-state index in [1.54, 1.807) is 49.4 Å². The summed E-state index contributed by atoms with van der Waals surface area (Å²) in [7, 11) is 0. The van der Waals surface area contributed by atoms with E-state index in [4.69, 9.17) is 14.2 Å². The molecule has 0 saturated heterocycles. The maximum Gasteiger partial charge on any atom is 0.343 e. The molecule has 0 unspecified atom stereocenters. The van der Waals surface area contributed by atoms with E-state index in [0.29, 0.717) is 23.5 Å². The number of carbonyl (C=O) groups is 2. The summed E-state index contributed by atoms with van der Waals surface area (Å²) in [5, 5.41) is 0. The van der Waals surface area contributed by atoms with Crippen LogP contribution in [0.1, 0.15) is 53.8 Å². The number of esters is 2. The fourth-order valence-electron chi connectivity index (χ4n) is 2.30. The van der Waals surface area contributed by atoms with Crippen LogP contribution in [0.3, 0.4) is 0 Å². The van der Waals surface area contributed by atoms with Gasteiger partial charge in [-0.1, -0.05) is 25.8 Å². The van der Waals surface area contributed by atoms with E-state index in [2.05, 4.69) is 6.92 Å². The number of carbonyl (C=O) groups excluding carboxylic acids is 2. The zero-order valence-electron chi connectivity index (χ0n) is 15.2. The van der Waals surface area contributed by atoms with E-state index in [9.17, 15) is 9.59 Å². The van der Waals surface area contributed by atoms with Crippen molar-refractivity contribution in [3.8, 4) is 11.5 Å². The lowest BCUT2D eigenvalue weighted by molar-refractivity contribution is 0.0524. The first-order valence-corrected chi connectivity index (χ1v) is 8.86. The number of benzene rings is 2. The molecule has 26 heavy (non-hydrogen) atoms. The molecular formula is C21H24O5. The molecule has 0 atom stereocenters. The van der Waals surface area contributed by atoms with Gasteiger partial charge in [0.05, 0.1) is 24.3 Å². The van der Waals surface area contributed by atoms with E-state index < -0.39 is 11.9 Å². The second-order valence-electron chi connectivity index (χ2n) is 5.72. The van der Waals surface area contributed by atoms with Gasteiger partial charge < -0.3 is 14.2 Å². The lowest BCUT2D eigenvalue weighted by Crippen LogP contribution is -2.10. The monoisotopic (exact) mass is 356 g/mol. The molecule has 0 aliphatic rings. The van der Waals surface area contributed by atoms with Crippen molar-refractivity contribution in [2.24, 2.45) is 0 Å². The number of rotatable bonds is 9. The lowest BCUT2D eigenvalue weighted by Gasteiger charge is -2.08. The van der Waals surface area contributed by atoms with Gasteiger partial charge in [-0.25, -0.2) is 9.59 Å². The Balaban J connectivity index is 1.95. The highest BCUT2D eigenvalue weighted by Crippen LogP contribution is 2.18. The Hall–Kier alpha value is -2.82. The minimum Gasteiger partial charge on any atom is -0.494 e. The smallest absolute Gasteiger partial charge is 0.343 e. The van der Waals surface area contributed by atoms with E-state index in [1.807, 2.05) is 0 Å². The van der Waals surface area contributed by atoms with Crippen molar-refractivity contribution in [2.75, 3.05) is 13.2 Å². The molecule has 0 fully saturated rings. The molecule has 0 spiro atoms. The van der Waals surface area contributed by atoms with E-state index >= 15 is 0 Å². The van der Waals surface area contributed by atoms with Crippen LogP contribution in [0.15, 0.2) is 48.5 Å². The van der Waals surface area contributed by atoms with Gasteiger partial charge in [0.15, 0.2) is 0 Å². The Kier molecular flexibility index (Phi) is 7.68. The highest BCUT2D eigenvalue weighted by molar-refractivity contribution is 5.92. The molecule has 2 rings (SSSR count). The van der Waals surface area contributed by atoms with Gasteiger partial charge in [0.1, 0.15) is 11.5 Å². The summed E-state index contributed by atoms with van der Waals surface area (Å²) in [5.41, 5.74) is 0.750. The Morgan fingerprint density at radius 1 is 0.846 bits per heavy atom. The van der Waals surface area contributed by atoms with Crippen molar-refractivity contribution in [1.29, 1.82) is 0 Å². The number of ether oxygens (including phenoxy) is 3. The van der Waals surface area contributed by atoms with Crippen LogP contribution in [0.25, 0.3) is 0 Å². The van der Waals surface area contributed by atoms with Crippen molar-refractivity contribution < 1.29 is 23.8 Å². The molecule has 138 valence electrons. The average molecular weight is 356 g/mol. The normalized spacial score (nSPS) is 10.2. The molecule has 0 saturated carbocycles. The van der Waals surface area contributed by atoms with Crippen LogP contribution in [0.2, 0.25) is 0 Å². The molecule has 0 N–H and O–H groups in total. The van der Waals surface area contributed by atoms with Crippen molar-refractivity contribution in [1.82, 2.24) is 0 Å². The van der Waals surface area contributed by atoms with Crippen LogP contribution in [-0.4, -0.2) is 25.2 Å². The maximum atomic E-state index is 12.3. The second kappa shape index (κ2) is 10.2. The topological polar surface area (TPSA) is 61.8 Å². The van der Waals surface area contributed by atoms with Crippen molar-refractivity contribution in [3.63, 3.8) is 0 Å². The van der Waals surface area contributed by atoms with E-state index in [1.165, 1.54) is 6.07 Å². The summed E-state index contributed by atoms with van der Waals surface area (Å²) in [6.45, 7) is 4.83. The number of hydrogen-bond donors (Lipinski definition) is 0. The molecule has 0 radical (unpaired) electrons. The summed E-state index contributed by atoms with van der Waals surface area (Å²) in [5.74, 6) is 0.0703. The molecule has 0 aliphatic heterocycles. The standard InChI is InChI=1S/C21H24O5/c1-3-5-6-14-25-18-12-10-16(11-13-18)21(23)26-19-9-7-8-17(15-19)20(22)24-4-2/h7-13,15H,3-6,14H2,1-2H3. The minimum atomic E-state index is -0.497. The summed E-state index contributed by atoms with van der Waals surface area (Å²) in [6.07, 6.45) is 3.29. The third-order valence-electron chi connectivity index (χ3n) is 3.66. The van der Waals surface area contributed by atoms with Crippen molar-refractivity contribution in [2.45, 2.75) is 33.1 Å². The molecule has 5 nitrogen and oxygen atoms in total. The average Bonchev–Trinajstić information content (AvgIpc) is 2.66. The number of hydrogen-bond acceptors (Lipinski definition) is 5. The molecule has 0 bridgehead atoms. The summed E-state index contributed by atoms with van der Waals surface area (Å²) >= 11 is 0. The summed E-state index contributed by atoms with van der Waals surface area (Å²) in [4.78, 5) is 24.0. The van der Waals surface area contributed by atoms with Gasteiger partial charge in [0.2, 0.25) is 0 Å². The highest BCUT2D eigenvalue weighted by atomic mass is 16.5. The van der Waals surface area contributed by atoms with Gasteiger partial charge in [-0.2, -0.15) is 0 Å². The molecule has 0 aliphatic carbocycles. The van der Waals surface area contributed by atoms with Gasteiger partial charge in [-0.3, -0.25) is 0 Å². The SMILES string of the molecule is CCCCCOc1ccc(C(=O)Oc2cccc(C(=O)OCC)c2)cc1. The molecule has 5 heteroatoms. The summed E-state index contributed by atoms with van der Waals surface area (Å²) in [6, 6.07) is 13.2. The maximum absolute atomic E-state index is 12.3. The molecule has 2 aromatic rings. The second-order valence-corrected chi connectivity index (χ2v) is 5.72. The fraction of sp³-hybridized carbons (Fsp3) is 0.333. The molecule has 2 aromatic carbocycles. The molecule has 0 amide bonds. The van der Waals surface area contributed by atoms with Crippen LogP contribution >= 0.6 is 0 Å². The van der Waals surface area contributed by atoms with Crippen LogP contribution in [0.5, 0.6) is 11.5 Å². The largest absolute Gasteiger partial charge is 0.494 e. The molecule has 0 heterocycles. The zero-order valence-corrected chi connectivity index (χ0v) is 15.2. The Labute approximate surface area is 153 Å². The van der Waals surface area contributed by atoms with Crippen LogP contribution in [-0.2, 0) is 4.74 Å². The molecule has 0 aromatic heterocycles. The van der Waals surface area contributed by atoms with Gasteiger partial charge in [-0.05, 0) is 55.8 Å². The number of unbranched alkanes of at least 4 members (excludes halogenated alkanes) is 2.